The van der Waals surface area contributed by atoms with Gasteiger partial charge in [-0.15, -0.1) is 0 Å². The lowest BCUT2D eigenvalue weighted by atomic mass is 9.96. The molecule has 19 heavy (non-hydrogen) atoms. The van der Waals surface area contributed by atoms with Gasteiger partial charge < -0.3 is 10.6 Å². The van der Waals surface area contributed by atoms with Gasteiger partial charge in [0, 0.05) is 25.0 Å². The van der Waals surface area contributed by atoms with E-state index in [4.69, 9.17) is 5.73 Å². The lowest BCUT2D eigenvalue weighted by molar-refractivity contribution is -0.138. The first-order valence-electron chi connectivity index (χ1n) is 7.18. The highest BCUT2D eigenvalue weighted by Crippen LogP contribution is 2.35. The number of pyridine rings is 1. The fourth-order valence-corrected chi connectivity index (χ4v) is 2.95. The quantitative estimate of drug-likeness (QED) is 0.897. The molecule has 102 valence electrons. The second kappa shape index (κ2) is 4.93. The van der Waals surface area contributed by atoms with Gasteiger partial charge >= 0.3 is 0 Å². The second-order valence-electron chi connectivity index (χ2n) is 5.89. The molecule has 1 aromatic rings. The molecule has 0 unspecified atom stereocenters. The summed E-state index contributed by atoms with van der Waals surface area (Å²) in [5, 5.41) is 0. The zero-order chi connectivity index (χ0) is 13.3. The van der Waals surface area contributed by atoms with E-state index in [1.165, 1.54) is 0 Å². The van der Waals surface area contributed by atoms with Crippen molar-refractivity contribution < 1.29 is 4.79 Å². The highest BCUT2D eigenvalue weighted by Gasteiger charge is 2.44. The van der Waals surface area contributed by atoms with Gasteiger partial charge in [0.25, 0.3) is 0 Å². The van der Waals surface area contributed by atoms with Crippen LogP contribution in [0.1, 0.15) is 44.1 Å². The van der Waals surface area contributed by atoms with E-state index >= 15 is 0 Å². The Kier molecular flexibility index (Phi) is 3.27. The third-order valence-corrected chi connectivity index (χ3v) is 4.25. The summed E-state index contributed by atoms with van der Waals surface area (Å²) in [6.45, 7) is 0.649. The molecule has 1 amide bonds. The Bertz CT molecular complexity index is 450. The van der Waals surface area contributed by atoms with Crippen molar-refractivity contribution in [1.29, 1.82) is 0 Å². The van der Waals surface area contributed by atoms with Crippen molar-refractivity contribution in [2.45, 2.75) is 56.7 Å². The number of carbonyl (C=O) groups is 1. The van der Waals surface area contributed by atoms with E-state index in [9.17, 15) is 4.79 Å². The van der Waals surface area contributed by atoms with Crippen molar-refractivity contribution >= 4 is 5.91 Å². The van der Waals surface area contributed by atoms with Crippen molar-refractivity contribution in [2.24, 2.45) is 5.73 Å². The normalized spacial score (nSPS) is 21.3. The van der Waals surface area contributed by atoms with Crippen LogP contribution in [0.2, 0.25) is 0 Å². The Morgan fingerprint density at radius 1 is 1.42 bits per heavy atom. The molecule has 1 heterocycles. The molecule has 4 nitrogen and oxygen atoms in total. The van der Waals surface area contributed by atoms with Gasteiger partial charge in [-0.2, -0.15) is 0 Å². The van der Waals surface area contributed by atoms with Crippen LogP contribution in [0.15, 0.2) is 24.5 Å². The number of hydrogen-bond acceptors (Lipinski definition) is 3. The van der Waals surface area contributed by atoms with E-state index in [1.807, 2.05) is 23.2 Å². The third kappa shape index (κ3) is 2.63. The lowest BCUT2D eigenvalue weighted by Gasteiger charge is -2.31. The molecule has 2 N–H and O–H groups in total. The van der Waals surface area contributed by atoms with Crippen LogP contribution in [0.4, 0.5) is 0 Å². The van der Waals surface area contributed by atoms with Crippen molar-refractivity contribution in [2.75, 3.05) is 0 Å². The van der Waals surface area contributed by atoms with E-state index < -0.39 is 5.54 Å². The fourth-order valence-electron chi connectivity index (χ4n) is 2.95. The van der Waals surface area contributed by atoms with Crippen molar-refractivity contribution in [3.05, 3.63) is 30.1 Å². The van der Waals surface area contributed by atoms with Gasteiger partial charge in [-0.05, 0) is 37.3 Å². The van der Waals surface area contributed by atoms with Crippen LogP contribution < -0.4 is 5.73 Å². The van der Waals surface area contributed by atoms with Gasteiger partial charge in [-0.1, -0.05) is 18.9 Å². The Morgan fingerprint density at radius 2 is 2.16 bits per heavy atom. The molecule has 0 bridgehead atoms. The minimum Gasteiger partial charge on any atom is -0.334 e. The molecule has 0 radical (unpaired) electrons. The predicted molar refractivity (Wildman–Crippen MR) is 73.2 cm³/mol. The molecular formula is C15H21N3O. The van der Waals surface area contributed by atoms with Crippen LogP contribution >= 0.6 is 0 Å². The maximum Gasteiger partial charge on any atom is 0.243 e. The Labute approximate surface area is 114 Å². The smallest absolute Gasteiger partial charge is 0.243 e. The molecule has 2 fully saturated rings. The summed E-state index contributed by atoms with van der Waals surface area (Å²) in [4.78, 5) is 18.8. The van der Waals surface area contributed by atoms with Crippen molar-refractivity contribution in [3.8, 4) is 0 Å². The molecule has 2 saturated carbocycles. The average Bonchev–Trinajstić information content (AvgIpc) is 3.18. The first-order chi connectivity index (χ1) is 9.19. The number of amides is 1. The third-order valence-electron chi connectivity index (χ3n) is 4.25. The molecule has 3 rings (SSSR count). The molecular weight excluding hydrogens is 238 g/mol. The Balaban J connectivity index is 1.76. The SMILES string of the molecule is NC1(C(=O)N(Cc2cccnc2)C2CC2)CCCC1. The standard InChI is InChI=1S/C15H21N3O/c16-15(7-1-2-8-15)14(19)18(13-5-6-13)11-12-4-3-9-17-10-12/h3-4,9-10,13H,1-2,5-8,11,16H2. The van der Waals surface area contributed by atoms with Crippen LogP contribution in [0, 0.1) is 0 Å². The van der Waals surface area contributed by atoms with Crippen LogP contribution in [-0.4, -0.2) is 27.4 Å². The van der Waals surface area contributed by atoms with Gasteiger partial charge in [-0.3, -0.25) is 9.78 Å². The van der Waals surface area contributed by atoms with E-state index in [-0.39, 0.29) is 5.91 Å². The first-order valence-corrected chi connectivity index (χ1v) is 7.18. The van der Waals surface area contributed by atoms with Crippen LogP contribution in [0.3, 0.4) is 0 Å². The summed E-state index contributed by atoms with van der Waals surface area (Å²) in [5.74, 6) is 0.149. The molecule has 0 aromatic carbocycles. The molecule has 0 aliphatic heterocycles. The van der Waals surface area contributed by atoms with Gasteiger partial charge in [0.2, 0.25) is 5.91 Å². The van der Waals surface area contributed by atoms with Crippen LogP contribution in [0.5, 0.6) is 0 Å². The zero-order valence-electron chi connectivity index (χ0n) is 11.2. The number of nitrogens with two attached hydrogens (primary N) is 1. The minimum atomic E-state index is -0.606. The van der Waals surface area contributed by atoms with E-state index in [0.29, 0.717) is 12.6 Å². The molecule has 1 aromatic heterocycles. The van der Waals surface area contributed by atoms with Crippen LogP contribution in [0.25, 0.3) is 0 Å². The Morgan fingerprint density at radius 3 is 2.74 bits per heavy atom. The summed E-state index contributed by atoms with van der Waals surface area (Å²) in [7, 11) is 0. The first kappa shape index (κ1) is 12.6. The van der Waals surface area contributed by atoms with Crippen LogP contribution in [-0.2, 0) is 11.3 Å². The monoisotopic (exact) mass is 259 g/mol. The molecule has 2 aliphatic rings. The lowest BCUT2D eigenvalue weighted by Crippen LogP contribution is -2.54. The largest absolute Gasteiger partial charge is 0.334 e. The van der Waals surface area contributed by atoms with Gasteiger partial charge in [-0.25, -0.2) is 0 Å². The maximum absolute atomic E-state index is 12.7. The number of aromatic nitrogens is 1. The molecule has 4 heteroatoms. The highest BCUT2D eigenvalue weighted by molar-refractivity contribution is 5.87. The minimum absolute atomic E-state index is 0.149. The number of hydrogen-bond donors (Lipinski definition) is 1. The van der Waals surface area contributed by atoms with Gasteiger partial charge in [0.1, 0.15) is 0 Å². The van der Waals surface area contributed by atoms with E-state index in [1.54, 1.807) is 6.20 Å². The van der Waals surface area contributed by atoms with Gasteiger partial charge in [0.05, 0.1) is 5.54 Å². The average molecular weight is 259 g/mol. The summed E-state index contributed by atoms with van der Waals surface area (Å²) >= 11 is 0. The molecule has 2 aliphatic carbocycles. The second-order valence-corrected chi connectivity index (χ2v) is 5.89. The molecule has 0 atom stereocenters. The fraction of sp³-hybridized carbons (Fsp3) is 0.600. The number of carbonyl (C=O) groups excluding carboxylic acids is 1. The molecule has 0 saturated heterocycles. The van der Waals surface area contributed by atoms with Gasteiger partial charge in [0.15, 0.2) is 0 Å². The predicted octanol–water partition coefficient (Wildman–Crippen LogP) is 1.84. The van der Waals surface area contributed by atoms with Crippen molar-refractivity contribution in [1.82, 2.24) is 9.88 Å². The topological polar surface area (TPSA) is 59.2 Å². The Hall–Kier alpha value is -1.42. The highest BCUT2D eigenvalue weighted by atomic mass is 16.2. The maximum atomic E-state index is 12.7. The number of nitrogens with zero attached hydrogens (tertiary/aromatic N) is 2. The van der Waals surface area contributed by atoms with E-state index in [0.717, 1.165) is 44.1 Å². The van der Waals surface area contributed by atoms with Crippen molar-refractivity contribution in [3.63, 3.8) is 0 Å². The zero-order valence-corrected chi connectivity index (χ0v) is 11.2. The summed E-state index contributed by atoms with van der Waals surface area (Å²) in [6.07, 6.45) is 9.64. The van der Waals surface area contributed by atoms with E-state index in [2.05, 4.69) is 4.98 Å². The summed E-state index contributed by atoms with van der Waals surface area (Å²) in [6, 6.07) is 4.33. The molecule has 0 spiro atoms. The number of rotatable bonds is 4. The summed E-state index contributed by atoms with van der Waals surface area (Å²) in [5.41, 5.74) is 6.80. The summed E-state index contributed by atoms with van der Waals surface area (Å²) < 4.78 is 0.